The van der Waals surface area contributed by atoms with Crippen LogP contribution in [0.2, 0.25) is 0 Å². The molecule has 30 heavy (non-hydrogen) atoms. The van der Waals surface area contributed by atoms with Crippen LogP contribution < -0.4 is 5.32 Å². The molecule has 174 valence electrons. The Morgan fingerprint density at radius 3 is 2.40 bits per heavy atom. The van der Waals surface area contributed by atoms with Gasteiger partial charge in [0, 0.05) is 6.92 Å². The van der Waals surface area contributed by atoms with Gasteiger partial charge in [-0.05, 0) is 19.3 Å². The Balaban J connectivity index is 2.56. The summed E-state index contributed by atoms with van der Waals surface area (Å²) in [6.07, 6.45) is 4.53. The van der Waals surface area contributed by atoms with Gasteiger partial charge in [-0.2, -0.15) is 0 Å². The van der Waals surface area contributed by atoms with E-state index in [9.17, 15) is 30.3 Å². The number of hydrogen-bond acceptors (Lipinski definition) is 8. The average Bonchev–Trinajstić information content (AvgIpc) is 2.72. The molecule has 9 nitrogen and oxygen atoms in total. The number of amides is 1. The van der Waals surface area contributed by atoms with E-state index in [0.717, 1.165) is 32.1 Å². The van der Waals surface area contributed by atoms with Crippen LogP contribution in [0.3, 0.4) is 0 Å². The molecule has 1 fully saturated rings. The molecule has 0 aromatic heterocycles. The first-order valence-electron chi connectivity index (χ1n) is 10.5. The Kier molecular flexibility index (Phi) is 13.0. The maximum absolute atomic E-state index is 11.5. The summed E-state index contributed by atoms with van der Waals surface area (Å²) in [5.74, 6) is -0.372. The second kappa shape index (κ2) is 14.6. The fraction of sp³-hybridized carbons (Fsp3) is 0.762. The van der Waals surface area contributed by atoms with E-state index in [4.69, 9.17) is 9.47 Å². The van der Waals surface area contributed by atoms with Crippen LogP contribution in [0.4, 0.5) is 0 Å². The molecular weight excluding hydrogens is 394 g/mol. The lowest BCUT2D eigenvalue weighted by molar-refractivity contribution is -0.302. The van der Waals surface area contributed by atoms with Crippen LogP contribution >= 0.6 is 0 Å². The molecule has 0 saturated carbocycles. The summed E-state index contributed by atoms with van der Waals surface area (Å²) >= 11 is 0. The molecule has 0 aromatic rings. The third-order valence-electron chi connectivity index (χ3n) is 4.81. The lowest BCUT2D eigenvalue weighted by Gasteiger charge is -2.40. The van der Waals surface area contributed by atoms with Gasteiger partial charge < -0.3 is 40.3 Å². The fourth-order valence-corrected chi connectivity index (χ4v) is 3.01. The number of ether oxygens (including phenoxy) is 2. The summed E-state index contributed by atoms with van der Waals surface area (Å²) in [5.41, 5.74) is 0. The van der Waals surface area contributed by atoms with Gasteiger partial charge in [-0.1, -0.05) is 44.1 Å². The van der Waals surface area contributed by atoms with Gasteiger partial charge in [0.2, 0.25) is 5.91 Å². The minimum Gasteiger partial charge on any atom is -0.394 e. The van der Waals surface area contributed by atoms with Gasteiger partial charge in [-0.3, -0.25) is 4.79 Å². The van der Waals surface area contributed by atoms with Crippen molar-refractivity contribution in [2.24, 2.45) is 0 Å². The first-order chi connectivity index (χ1) is 14.3. The number of unbranched alkanes of at least 4 members (excludes halogenated alkanes) is 3. The van der Waals surface area contributed by atoms with Crippen molar-refractivity contribution in [3.63, 3.8) is 0 Å². The van der Waals surface area contributed by atoms with Crippen LogP contribution in [-0.4, -0.2) is 87.5 Å². The van der Waals surface area contributed by atoms with E-state index in [1.165, 1.54) is 6.92 Å². The highest BCUT2D eigenvalue weighted by molar-refractivity contribution is 5.73. The smallest absolute Gasteiger partial charge is 0.217 e. The van der Waals surface area contributed by atoms with Crippen molar-refractivity contribution in [3.05, 3.63) is 24.3 Å². The van der Waals surface area contributed by atoms with E-state index in [2.05, 4.69) is 24.4 Å². The van der Waals surface area contributed by atoms with Gasteiger partial charge in [0.15, 0.2) is 6.29 Å². The minimum atomic E-state index is -1.56. The number of nitrogens with one attached hydrogen (secondary N) is 1. The zero-order valence-corrected chi connectivity index (χ0v) is 17.8. The van der Waals surface area contributed by atoms with Gasteiger partial charge in [0.1, 0.15) is 24.4 Å². The van der Waals surface area contributed by atoms with E-state index in [-0.39, 0.29) is 12.5 Å². The SMILES string of the molecule is CCCC/C=C/CC/C=C/C(O)C(COC1OC(CO)C(O)C(O)C1O)NC(C)=O. The van der Waals surface area contributed by atoms with Crippen molar-refractivity contribution < 1.29 is 39.8 Å². The number of aliphatic hydroxyl groups is 5. The van der Waals surface area contributed by atoms with Crippen LogP contribution in [-0.2, 0) is 14.3 Å². The zero-order chi connectivity index (χ0) is 22.5. The molecule has 0 bridgehead atoms. The number of carbonyl (C=O) groups is 1. The topological polar surface area (TPSA) is 149 Å². The number of rotatable bonds is 13. The largest absolute Gasteiger partial charge is 0.394 e. The Labute approximate surface area is 178 Å². The monoisotopic (exact) mass is 431 g/mol. The Bertz CT molecular complexity index is 539. The summed E-state index contributed by atoms with van der Waals surface area (Å²) < 4.78 is 10.7. The molecule has 1 rings (SSSR count). The predicted molar refractivity (Wildman–Crippen MR) is 110 cm³/mol. The molecule has 9 heteroatoms. The molecule has 1 aliphatic heterocycles. The summed E-state index contributed by atoms with van der Waals surface area (Å²) in [4.78, 5) is 11.5. The molecule has 1 saturated heterocycles. The Morgan fingerprint density at radius 1 is 1.10 bits per heavy atom. The molecule has 1 aliphatic rings. The number of carbonyl (C=O) groups excluding carboxylic acids is 1. The van der Waals surface area contributed by atoms with Crippen LogP contribution in [0.5, 0.6) is 0 Å². The van der Waals surface area contributed by atoms with Gasteiger partial charge >= 0.3 is 0 Å². The van der Waals surface area contributed by atoms with Gasteiger partial charge in [0.05, 0.1) is 25.4 Å². The molecule has 0 radical (unpaired) electrons. The molecule has 1 amide bonds. The van der Waals surface area contributed by atoms with Crippen molar-refractivity contribution >= 4 is 5.91 Å². The Hall–Kier alpha value is -1.33. The van der Waals surface area contributed by atoms with E-state index in [0.29, 0.717) is 0 Å². The van der Waals surface area contributed by atoms with Gasteiger partial charge in [-0.15, -0.1) is 0 Å². The van der Waals surface area contributed by atoms with E-state index in [1.54, 1.807) is 6.08 Å². The maximum atomic E-state index is 11.5. The second-order valence-corrected chi connectivity index (χ2v) is 7.45. The maximum Gasteiger partial charge on any atom is 0.217 e. The summed E-state index contributed by atoms with van der Waals surface area (Å²) in [5, 5.41) is 51.8. The van der Waals surface area contributed by atoms with Crippen molar-refractivity contribution in [2.45, 2.75) is 88.8 Å². The molecule has 0 aromatic carbocycles. The van der Waals surface area contributed by atoms with E-state index < -0.39 is 49.5 Å². The van der Waals surface area contributed by atoms with Crippen LogP contribution in [0, 0.1) is 0 Å². The molecule has 1 heterocycles. The standard InChI is InChI=1S/C21H37NO8/c1-3-4-5-6-7-8-9-10-11-16(25)15(22-14(2)24)13-29-21-20(28)19(27)18(26)17(12-23)30-21/h6-7,10-11,15-21,23,25-28H,3-5,8-9,12-13H2,1-2H3,(H,22,24)/b7-6+,11-10+. The molecule has 7 unspecified atom stereocenters. The fourth-order valence-electron chi connectivity index (χ4n) is 3.01. The highest BCUT2D eigenvalue weighted by atomic mass is 16.7. The van der Waals surface area contributed by atoms with Crippen molar-refractivity contribution in [1.29, 1.82) is 0 Å². The number of hydrogen-bond donors (Lipinski definition) is 6. The normalized spacial score (nSPS) is 29.4. The predicted octanol–water partition coefficient (Wildman–Crippen LogP) is -0.249. The lowest BCUT2D eigenvalue weighted by Crippen LogP contribution is -2.60. The molecule has 6 N–H and O–H groups in total. The molecule has 7 atom stereocenters. The quantitative estimate of drug-likeness (QED) is 0.173. The van der Waals surface area contributed by atoms with Crippen LogP contribution in [0.15, 0.2) is 24.3 Å². The third-order valence-corrected chi connectivity index (χ3v) is 4.81. The Morgan fingerprint density at radius 2 is 1.77 bits per heavy atom. The summed E-state index contributed by atoms with van der Waals surface area (Å²) in [6, 6.07) is -0.814. The highest BCUT2D eigenvalue weighted by Crippen LogP contribution is 2.22. The minimum absolute atomic E-state index is 0.218. The van der Waals surface area contributed by atoms with E-state index in [1.807, 2.05) is 6.08 Å². The number of aliphatic hydroxyl groups excluding tert-OH is 5. The zero-order valence-electron chi connectivity index (χ0n) is 17.8. The van der Waals surface area contributed by atoms with Gasteiger partial charge in [-0.25, -0.2) is 0 Å². The first kappa shape index (κ1) is 26.7. The first-order valence-corrected chi connectivity index (χ1v) is 10.5. The second-order valence-electron chi connectivity index (χ2n) is 7.45. The van der Waals surface area contributed by atoms with Crippen LogP contribution in [0.1, 0.15) is 46.0 Å². The third kappa shape index (κ3) is 9.22. The molecule has 0 spiro atoms. The van der Waals surface area contributed by atoms with Crippen LogP contribution in [0.25, 0.3) is 0 Å². The summed E-state index contributed by atoms with van der Waals surface area (Å²) in [6.45, 7) is 2.66. The average molecular weight is 432 g/mol. The van der Waals surface area contributed by atoms with Crippen molar-refractivity contribution in [1.82, 2.24) is 5.32 Å². The molecule has 0 aliphatic carbocycles. The number of allylic oxidation sites excluding steroid dienone is 3. The van der Waals surface area contributed by atoms with Crippen molar-refractivity contribution in [2.75, 3.05) is 13.2 Å². The molecular formula is C21H37NO8. The summed E-state index contributed by atoms with van der Waals surface area (Å²) in [7, 11) is 0. The lowest BCUT2D eigenvalue weighted by atomic mass is 9.99. The van der Waals surface area contributed by atoms with Crippen molar-refractivity contribution in [3.8, 4) is 0 Å². The van der Waals surface area contributed by atoms with E-state index >= 15 is 0 Å². The highest BCUT2D eigenvalue weighted by Gasteiger charge is 2.44. The van der Waals surface area contributed by atoms with Gasteiger partial charge in [0.25, 0.3) is 0 Å².